The van der Waals surface area contributed by atoms with Crippen molar-refractivity contribution in [3.8, 4) is 6.07 Å². The summed E-state index contributed by atoms with van der Waals surface area (Å²) >= 11 is 0. The molecule has 0 bridgehead atoms. The molecule has 19 heavy (non-hydrogen) atoms. The van der Waals surface area contributed by atoms with E-state index in [-0.39, 0.29) is 24.8 Å². The molecule has 0 atom stereocenters. The molecule has 1 amide bonds. The number of rotatable bonds is 5. The molecule has 0 aliphatic heterocycles. The number of carbonyl (C=O) groups is 2. The van der Waals surface area contributed by atoms with Gasteiger partial charge in [-0.05, 0) is 25.0 Å². The fraction of sp³-hybridized carbons (Fsp3) is 0.357. The molecule has 0 unspecified atom stereocenters. The fourth-order valence-corrected chi connectivity index (χ4v) is 1.91. The highest BCUT2D eigenvalue weighted by Crippen LogP contribution is 2.33. The SMILES string of the molecule is N#Cc1ccccc1N(CCC(=O)O)C(=O)C1CC1. The van der Waals surface area contributed by atoms with Gasteiger partial charge in [-0.3, -0.25) is 9.59 Å². The molecule has 1 fully saturated rings. The van der Waals surface area contributed by atoms with Crippen LogP contribution in [-0.4, -0.2) is 23.5 Å². The van der Waals surface area contributed by atoms with E-state index >= 15 is 0 Å². The Bertz CT molecular complexity index is 544. The van der Waals surface area contributed by atoms with Gasteiger partial charge in [0, 0.05) is 12.5 Å². The molecule has 0 heterocycles. The van der Waals surface area contributed by atoms with Crippen molar-refractivity contribution in [2.24, 2.45) is 5.92 Å². The smallest absolute Gasteiger partial charge is 0.305 e. The van der Waals surface area contributed by atoms with Crippen LogP contribution in [0.4, 0.5) is 5.69 Å². The summed E-state index contributed by atoms with van der Waals surface area (Å²) in [4.78, 5) is 24.3. The lowest BCUT2D eigenvalue weighted by atomic mass is 10.1. The lowest BCUT2D eigenvalue weighted by Gasteiger charge is -2.23. The van der Waals surface area contributed by atoms with Gasteiger partial charge in [0.25, 0.3) is 0 Å². The van der Waals surface area contributed by atoms with E-state index in [0.29, 0.717) is 11.3 Å². The third-order valence-corrected chi connectivity index (χ3v) is 3.06. The molecule has 98 valence electrons. The highest BCUT2D eigenvalue weighted by Gasteiger charge is 2.34. The van der Waals surface area contributed by atoms with Crippen LogP contribution in [-0.2, 0) is 9.59 Å². The number of carbonyl (C=O) groups excluding carboxylic acids is 1. The number of amides is 1. The molecular weight excluding hydrogens is 244 g/mol. The quantitative estimate of drug-likeness (QED) is 0.872. The fourth-order valence-electron chi connectivity index (χ4n) is 1.91. The maximum atomic E-state index is 12.2. The van der Waals surface area contributed by atoms with E-state index in [1.807, 2.05) is 6.07 Å². The summed E-state index contributed by atoms with van der Waals surface area (Å²) in [6.07, 6.45) is 1.56. The van der Waals surface area contributed by atoms with E-state index in [1.54, 1.807) is 24.3 Å². The molecule has 1 aliphatic rings. The van der Waals surface area contributed by atoms with Gasteiger partial charge in [0.05, 0.1) is 17.7 Å². The molecular formula is C14H14N2O3. The van der Waals surface area contributed by atoms with Crippen molar-refractivity contribution >= 4 is 17.6 Å². The van der Waals surface area contributed by atoms with E-state index in [2.05, 4.69) is 0 Å². The summed E-state index contributed by atoms with van der Waals surface area (Å²) in [6, 6.07) is 8.81. The zero-order chi connectivity index (χ0) is 13.8. The zero-order valence-corrected chi connectivity index (χ0v) is 10.4. The number of hydrogen-bond acceptors (Lipinski definition) is 3. The van der Waals surface area contributed by atoms with Crippen molar-refractivity contribution in [1.82, 2.24) is 0 Å². The molecule has 0 spiro atoms. The number of para-hydroxylation sites is 1. The number of benzene rings is 1. The van der Waals surface area contributed by atoms with Gasteiger partial charge in [0.15, 0.2) is 0 Å². The maximum absolute atomic E-state index is 12.2. The van der Waals surface area contributed by atoms with Crippen LogP contribution in [0.1, 0.15) is 24.8 Å². The van der Waals surface area contributed by atoms with Gasteiger partial charge in [-0.1, -0.05) is 12.1 Å². The van der Waals surface area contributed by atoms with Gasteiger partial charge in [-0.2, -0.15) is 5.26 Å². The first-order chi connectivity index (χ1) is 9.13. The number of nitrogens with zero attached hydrogens (tertiary/aromatic N) is 2. The summed E-state index contributed by atoms with van der Waals surface area (Å²) in [5, 5.41) is 17.8. The number of nitriles is 1. The Morgan fingerprint density at radius 3 is 2.63 bits per heavy atom. The van der Waals surface area contributed by atoms with Crippen molar-refractivity contribution < 1.29 is 14.7 Å². The van der Waals surface area contributed by atoms with Crippen molar-refractivity contribution in [2.45, 2.75) is 19.3 Å². The van der Waals surface area contributed by atoms with E-state index in [0.717, 1.165) is 12.8 Å². The van der Waals surface area contributed by atoms with E-state index in [1.165, 1.54) is 4.90 Å². The minimum absolute atomic E-state index is 0.0134. The highest BCUT2D eigenvalue weighted by atomic mass is 16.4. The Labute approximate surface area is 111 Å². The van der Waals surface area contributed by atoms with Crippen LogP contribution in [0.5, 0.6) is 0 Å². The second-order valence-electron chi connectivity index (χ2n) is 4.54. The van der Waals surface area contributed by atoms with Crippen LogP contribution >= 0.6 is 0 Å². The zero-order valence-electron chi connectivity index (χ0n) is 10.4. The second-order valence-corrected chi connectivity index (χ2v) is 4.54. The van der Waals surface area contributed by atoms with Gasteiger partial charge in [-0.25, -0.2) is 0 Å². The van der Waals surface area contributed by atoms with Gasteiger partial charge >= 0.3 is 5.97 Å². The normalized spacial score (nSPS) is 13.6. The lowest BCUT2D eigenvalue weighted by Crippen LogP contribution is -2.34. The number of carboxylic acid groups (broad SMARTS) is 1. The Kier molecular flexibility index (Phi) is 3.81. The van der Waals surface area contributed by atoms with Crippen LogP contribution in [0.25, 0.3) is 0 Å². The maximum Gasteiger partial charge on any atom is 0.305 e. The summed E-state index contributed by atoms with van der Waals surface area (Å²) in [7, 11) is 0. The van der Waals surface area contributed by atoms with Gasteiger partial charge in [0.1, 0.15) is 6.07 Å². The van der Waals surface area contributed by atoms with Gasteiger partial charge < -0.3 is 10.0 Å². The van der Waals surface area contributed by atoms with Crippen LogP contribution < -0.4 is 4.90 Å². The summed E-state index contributed by atoms with van der Waals surface area (Å²) in [5.74, 6) is -1.05. The average molecular weight is 258 g/mol. The molecule has 1 aromatic rings. The third-order valence-electron chi connectivity index (χ3n) is 3.06. The molecule has 0 aromatic heterocycles. The van der Waals surface area contributed by atoms with Crippen LogP contribution in [0, 0.1) is 17.2 Å². The minimum Gasteiger partial charge on any atom is -0.481 e. The topological polar surface area (TPSA) is 81.4 Å². The highest BCUT2D eigenvalue weighted by molar-refractivity contribution is 5.97. The summed E-state index contributed by atoms with van der Waals surface area (Å²) in [6.45, 7) is 0.101. The molecule has 1 N–H and O–H groups in total. The molecule has 0 saturated heterocycles. The number of carboxylic acids is 1. The van der Waals surface area contributed by atoms with Crippen LogP contribution in [0.15, 0.2) is 24.3 Å². The van der Waals surface area contributed by atoms with Crippen LogP contribution in [0.3, 0.4) is 0 Å². The first kappa shape index (κ1) is 13.1. The summed E-state index contributed by atoms with van der Waals surface area (Å²) in [5.41, 5.74) is 0.894. The first-order valence-electron chi connectivity index (χ1n) is 6.15. The Hall–Kier alpha value is -2.35. The van der Waals surface area contributed by atoms with Crippen molar-refractivity contribution in [3.05, 3.63) is 29.8 Å². The van der Waals surface area contributed by atoms with Crippen molar-refractivity contribution in [3.63, 3.8) is 0 Å². The Morgan fingerprint density at radius 2 is 2.05 bits per heavy atom. The number of hydrogen-bond donors (Lipinski definition) is 1. The predicted molar refractivity (Wildman–Crippen MR) is 68.5 cm³/mol. The standard InChI is InChI=1S/C14H14N2O3/c15-9-11-3-1-2-4-12(11)16(8-7-13(17)18)14(19)10-5-6-10/h1-4,10H,5-8H2,(H,17,18). The van der Waals surface area contributed by atoms with E-state index < -0.39 is 5.97 Å². The molecule has 2 rings (SSSR count). The molecule has 1 saturated carbocycles. The second kappa shape index (κ2) is 5.53. The monoisotopic (exact) mass is 258 g/mol. The average Bonchev–Trinajstić information content (AvgIpc) is 3.23. The molecule has 5 heteroatoms. The largest absolute Gasteiger partial charge is 0.481 e. The molecule has 1 aromatic carbocycles. The van der Waals surface area contributed by atoms with E-state index in [9.17, 15) is 9.59 Å². The van der Waals surface area contributed by atoms with Gasteiger partial charge in [0.2, 0.25) is 5.91 Å². The lowest BCUT2D eigenvalue weighted by molar-refractivity contribution is -0.136. The number of anilines is 1. The molecule has 0 radical (unpaired) electrons. The van der Waals surface area contributed by atoms with Crippen molar-refractivity contribution in [2.75, 3.05) is 11.4 Å². The minimum atomic E-state index is -0.956. The van der Waals surface area contributed by atoms with E-state index in [4.69, 9.17) is 10.4 Å². The van der Waals surface area contributed by atoms with Crippen molar-refractivity contribution in [1.29, 1.82) is 5.26 Å². The van der Waals surface area contributed by atoms with Crippen LogP contribution in [0.2, 0.25) is 0 Å². The third kappa shape index (κ3) is 3.10. The van der Waals surface area contributed by atoms with Gasteiger partial charge in [-0.15, -0.1) is 0 Å². The Balaban J connectivity index is 2.27. The predicted octanol–water partition coefficient (Wildman–Crippen LogP) is 1.78. The number of aliphatic carboxylic acids is 1. The summed E-state index contributed by atoms with van der Waals surface area (Å²) < 4.78 is 0. The Morgan fingerprint density at radius 1 is 1.37 bits per heavy atom. The first-order valence-corrected chi connectivity index (χ1v) is 6.15. The molecule has 5 nitrogen and oxygen atoms in total. The molecule has 1 aliphatic carbocycles.